The smallest absolute Gasteiger partial charge is 0.0518 e. The monoisotopic (exact) mass is 513 g/mol. The second-order valence-corrected chi connectivity index (χ2v) is 13.0. The standard InChI is InChI=1S/C38H43N/c1-8-27-21-22-38(7)37(6,25-27)34(35(9-2)39(38)29-15-11-10-12-16-29)23-26(3)28-19-20-31-30-17-13-14-18-32(30)36(4,5)33(31)24-28/h9-20,23-24,27H,3,8,21-22,25H2,1-2,4-7H3/b34-23+,35-9+. The molecule has 0 amide bonds. The molecule has 1 heterocycles. The fourth-order valence-electron chi connectivity index (χ4n) is 8.12. The van der Waals surface area contributed by atoms with Crippen LogP contribution < -0.4 is 4.90 Å². The fraction of sp³-hybridized carbons (Fsp3) is 0.368. The molecule has 0 aromatic heterocycles. The Labute approximate surface area is 236 Å². The lowest BCUT2D eigenvalue weighted by molar-refractivity contribution is 0.112. The molecule has 1 saturated carbocycles. The fourth-order valence-corrected chi connectivity index (χ4v) is 8.12. The summed E-state index contributed by atoms with van der Waals surface area (Å²) in [5.41, 5.74) is 12.0. The van der Waals surface area contributed by atoms with Gasteiger partial charge in [-0.2, -0.15) is 0 Å². The molecular formula is C38H43N. The van der Waals surface area contributed by atoms with Crippen molar-refractivity contribution < 1.29 is 0 Å². The van der Waals surface area contributed by atoms with Gasteiger partial charge >= 0.3 is 0 Å². The molecular weight excluding hydrogens is 470 g/mol. The number of benzene rings is 3. The third kappa shape index (κ3) is 3.65. The number of hydrogen-bond donors (Lipinski definition) is 0. The van der Waals surface area contributed by atoms with E-state index in [0.717, 1.165) is 11.5 Å². The molecule has 0 radical (unpaired) electrons. The minimum absolute atomic E-state index is 0.0103. The highest BCUT2D eigenvalue weighted by Gasteiger charge is 2.60. The van der Waals surface area contributed by atoms with Gasteiger partial charge in [0.25, 0.3) is 0 Å². The summed E-state index contributed by atoms with van der Waals surface area (Å²) in [5, 5.41) is 0. The van der Waals surface area contributed by atoms with Crippen molar-refractivity contribution >= 4 is 11.3 Å². The Morgan fingerprint density at radius 3 is 2.33 bits per heavy atom. The molecule has 2 aliphatic carbocycles. The number of para-hydroxylation sites is 1. The number of anilines is 1. The average Bonchev–Trinajstić information content (AvgIpc) is 3.30. The van der Waals surface area contributed by atoms with Gasteiger partial charge in [-0.1, -0.05) is 101 Å². The average molecular weight is 514 g/mol. The van der Waals surface area contributed by atoms with E-state index in [-0.39, 0.29) is 16.4 Å². The number of nitrogens with zero attached hydrogens (tertiary/aromatic N) is 1. The second kappa shape index (κ2) is 9.12. The molecule has 3 aromatic rings. The lowest BCUT2D eigenvalue weighted by atomic mass is 9.58. The van der Waals surface area contributed by atoms with E-state index in [2.05, 4.69) is 138 Å². The van der Waals surface area contributed by atoms with E-state index in [1.54, 1.807) is 0 Å². The van der Waals surface area contributed by atoms with Crippen LogP contribution in [0.15, 0.2) is 103 Å². The van der Waals surface area contributed by atoms with Crippen LogP contribution in [0.2, 0.25) is 0 Å². The first-order valence-corrected chi connectivity index (χ1v) is 14.8. The Kier molecular flexibility index (Phi) is 6.06. The van der Waals surface area contributed by atoms with Crippen LogP contribution in [0.5, 0.6) is 0 Å². The first kappa shape index (κ1) is 25.9. The summed E-state index contributed by atoms with van der Waals surface area (Å²) in [4.78, 5) is 2.65. The summed E-state index contributed by atoms with van der Waals surface area (Å²) in [6.45, 7) is 19.0. The van der Waals surface area contributed by atoms with Gasteiger partial charge in [0.15, 0.2) is 0 Å². The van der Waals surface area contributed by atoms with E-state index < -0.39 is 0 Å². The minimum Gasteiger partial charge on any atom is -0.335 e. The van der Waals surface area contributed by atoms with Crippen LogP contribution in [0.25, 0.3) is 16.7 Å². The Hall–Kier alpha value is -3.32. The molecule has 0 N–H and O–H groups in total. The summed E-state index contributed by atoms with van der Waals surface area (Å²) < 4.78 is 0. The van der Waals surface area contributed by atoms with E-state index in [9.17, 15) is 0 Å². The lowest BCUT2D eigenvalue weighted by Gasteiger charge is -2.51. The van der Waals surface area contributed by atoms with Gasteiger partial charge < -0.3 is 4.90 Å². The molecule has 3 aromatic carbocycles. The Morgan fingerprint density at radius 1 is 0.923 bits per heavy atom. The third-order valence-corrected chi connectivity index (χ3v) is 10.7. The molecule has 3 aliphatic rings. The number of allylic oxidation sites excluding steroid dienone is 4. The first-order valence-electron chi connectivity index (χ1n) is 14.8. The molecule has 1 aliphatic heterocycles. The van der Waals surface area contributed by atoms with Gasteiger partial charge in [-0.05, 0) is 102 Å². The predicted octanol–water partition coefficient (Wildman–Crippen LogP) is 10.3. The summed E-state index contributed by atoms with van der Waals surface area (Å²) >= 11 is 0. The zero-order valence-corrected chi connectivity index (χ0v) is 24.6. The lowest BCUT2D eigenvalue weighted by Crippen LogP contribution is -2.53. The van der Waals surface area contributed by atoms with Crippen LogP contribution in [0.1, 0.15) is 83.9 Å². The van der Waals surface area contributed by atoms with Crippen molar-refractivity contribution in [3.63, 3.8) is 0 Å². The SMILES string of the molecule is C=C(/C=C1\C(=C/C)N(c2ccccc2)C2(C)CCC(CC)CC12C)c1ccc2c(c1)C(C)(C)c1ccccc1-2. The summed E-state index contributed by atoms with van der Waals surface area (Å²) in [6, 6.07) is 26.9. The molecule has 3 unspecified atom stereocenters. The quantitative estimate of drug-likeness (QED) is 0.335. The molecule has 1 heteroatoms. The number of fused-ring (bicyclic) bond motifs is 4. The molecule has 2 fully saturated rings. The van der Waals surface area contributed by atoms with Crippen molar-refractivity contribution in [3.8, 4) is 11.1 Å². The van der Waals surface area contributed by atoms with Crippen molar-refractivity contribution in [2.45, 2.75) is 78.2 Å². The van der Waals surface area contributed by atoms with Gasteiger partial charge in [-0.25, -0.2) is 0 Å². The normalized spacial score (nSPS) is 28.9. The minimum atomic E-state index is -0.0103. The molecule has 39 heavy (non-hydrogen) atoms. The van der Waals surface area contributed by atoms with Gasteiger partial charge in [-0.3, -0.25) is 0 Å². The van der Waals surface area contributed by atoms with E-state index in [1.807, 2.05) is 0 Å². The molecule has 3 atom stereocenters. The second-order valence-electron chi connectivity index (χ2n) is 13.0. The van der Waals surface area contributed by atoms with Crippen molar-refractivity contribution in [2.24, 2.45) is 11.3 Å². The third-order valence-electron chi connectivity index (χ3n) is 10.7. The highest BCUT2D eigenvalue weighted by Crippen LogP contribution is 2.63. The van der Waals surface area contributed by atoms with Crippen LogP contribution in [0, 0.1) is 11.3 Å². The molecule has 0 spiro atoms. The van der Waals surface area contributed by atoms with Crippen molar-refractivity contribution in [1.29, 1.82) is 0 Å². The van der Waals surface area contributed by atoms with Gasteiger partial charge in [-0.15, -0.1) is 0 Å². The summed E-state index contributed by atoms with van der Waals surface area (Å²) in [5.74, 6) is 0.757. The zero-order valence-electron chi connectivity index (χ0n) is 24.6. The maximum absolute atomic E-state index is 4.69. The van der Waals surface area contributed by atoms with Gasteiger partial charge in [0.05, 0.1) is 5.54 Å². The van der Waals surface area contributed by atoms with Crippen LogP contribution in [-0.2, 0) is 5.41 Å². The highest BCUT2D eigenvalue weighted by atomic mass is 15.3. The maximum Gasteiger partial charge on any atom is 0.0518 e. The highest BCUT2D eigenvalue weighted by molar-refractivity contribution is 5.85. The van der Waals surface area contributed by atoms with E-state index >= 15 is 0 Å². The van der Waals surface area contributed by atoms with Crippen molar-refractivity contribution in [1.82, 2.24) is 0 Å². The van der Waals surface area contributed by atoms with Crippen LogP contribution in [-0.4, -0.2) is 5.54 Å². The Bertz CT molecular complexity index is 1500. The Balaban J connectivity index is 1.47. The topological polar surface area (TPSA) is 3.24 Å². The summed E-state index contributed by atoms with van der Waals surface area (Å²) in [7, 11) is 0. The van der Waals surface area contributed by atoms with E-state index in [0.29, 0.717) is 0 Å². The van der Waals surface area contributed by atoms with Gasteiger partial charge in [0.1, 0.15) is 0 Å². The van der Waals surface area contributed by atoms with Gasteiger partial charge in [0, 0.05) is 22.2 Å². The predicted molar refractivity (Wildman–Crippen MR) is 168 cm³/mol. The molecule has 1 nitrogen and oxygen atoms in total. The van der Waals surface area contributed by atoms with Crippen LogP contribution in [0.3, 0.4) is 0 Å². The largest absolute Gasteiger partial charge is 0.335 e. The van der Waals surface area contributed by atoms with E-state index in [4.69, 9.17) is 0 Å². The molecule has 0 bridgehead atoms. The summed E-state index contributed by atoms with van der Waals surface area (Å²) in [6.07, 6.45) is 9.72. The molecule has 1 saturated heterocycles. The van der Waals surface area contributed by atoms with Crippen LogP contribution >= 0.6 is 0 Å². The van der Waals surface area contributed by atoms with E-state index in [1.165, 1.54) is 70.5 Å². The maximum atomic E-state index is 4.69. The first-order chi connectivity index (χ1) is 18.7. The number of rotatable bonds is 4. The molecule has 6 rings (SSSR count). The Morgan fingerprint density at radius 2 is 1.62 bits per heavy atom. The zero-order chi connectivity index (χ0) is 27.6. The molecule has 200 valence electrons. The van der Waals surface area contributed by atoms with Gasteiger partial charge in [0.2, 0.25) is 0 Å². The van der Waals surface area contributed by atoms with Crippen molar-refractivity contribution in [3.05, 3.63) is 119 Å². The van der Waals surface area contributed by atoms with Crippen LogP contribution in [0.4, 0.5) is 5.69 Å². The van der Waals surface area contributed by atoms with Crippen molar-refractivity contribution in [2.75, 3.05) is 4.90 Å². The number of hydrogen-bond acceptors (Lipinski definition) is 1.